The van der Waals surface area contributed by atoms with Crippen molar-refractivity contribution in [2.45, 2.75) is 38.8 Å². The smallest absolute Gasteiger partial charge is 0.228 e. The second-order valence-electron chi connectivity index (χ2n) is 8.71. The maximum absolute atomic E-state index is 12.8. The standard InChI is InChI=1S/C21H32N4O/c1-16-14-22-19(15-25(16)20(26)21(2)8-9-21)17-4-6-18(7-5-17)24-12-10-23(3)11-13-24/h4-7,16,19,22H,8-15H2,1-3H3/t16?,19-/m1/s1. The lowest BCUT2D eigenvalue weighted by Crippen LogP contribution is -2.55. The van der Waals surface area contributed by atoms with Gasteiger partial charge in [-0.15, -0.1) is 0 Å². The van der Waals surface area contributed by atoms with Gasteiger partial charge in [-0.05, 0) is 44.5 Å². The largest absolute Gasteiger partial charge is 0.369 e. The van der Waals surface area contributed by atoms with Gasteiger partial charge >= 0.3 is 0 Å². The third-order valence-electron chi connectivity index (χ3n) is 6.51. The van der Waals surface area contributed by atoms with E-state index in [0.717, 1.165) is 52.1 Å². The number of anilines is 1. The molecule has 0 spiro atoms. The van der Waals surface area contributed by atoms with Gasteiger partial charge in [0.15, 0.2) is 0 Å². The molecule has 1 amide bonds. The lowest BCUT2D eigenvalue weighted by atomic mass is 9.99. The summed E-state index contributed by atoms with van der Waals surface area (Å²) in [4.78, 5) is 19.8. The van der Waals surface area contributed by atoms with Crippen LogP contribution in [0.15, 0.2) is 24.3 Å². The quantitative estimate of drug-likeness (QED) is 0.900. The molecule has 0 radical (unpaired) electrons. The van der Waals surface area contributed by atoms with E-state index < -0.39 is 0 Å². The molecule has 2 heterocycles. The molecule has 26 heavy (non-hydrogen) atoms. The Kier molecular flexibility index (Phi) is 4.70. The highest BCUT2D eigenvalue weighted by Gasteiger charge is 2.48. The number of carbonyl (C=O) groups excluding carboxylic acids is 1. The van der Waals surface area contributed by atoms with Crippen LogP contribution in [-0.2, 0) is 4.79 Å². The predicted octanol–water partition coefficient (Wildman–Crippen LogP) is 2.10. The Balaban J connectivity index is 1.43. The van der Waals surface area contributed by atoms with Crippen LogP contribution in [0.25, 0.3) is 0 Å². The van der Waals surface area contributed by atoms with Gasteiger partial charge in [0.05, 0.1) is 0 Å². The first-order valence-electron chi connectivity index (χ1n) is 10.0. The summed E-state index contributed by atoms with van der Waals surface area (Å²) in [6.07, 6.45) is 2.10. The molecule has 1 aromatic carbocycles. The van der Waals surface area contributed by atoms with Gasteiger partial charge in [-0.25, -0.2) is 0 Å². The van der Waals surface area contributed by atoms with Crippen LogP contribution in [0.4, 0.5) is 5.69 Å². The van der Waals surface area contributed by atoms with Crippen LogP contribution in [0.3, 0.4) is 0 Å². The number of nitrogens with one attached hydrogen (secondary N) is 1. The topological polar surface area (TPSA) is 38.8 Å². The van der Waals surface area contributed by atoms with Gasteiger partial charge in [0.2, 0.25) is 5.91 Å². The van der Waals surface area contributed by atoms with Crippen molar-refractivity contribution in [2.24, 2.45) is 5.41 Å². The Morgan fingerprint density at radius 1 is 1.12 bits per heavy atom. The van der Waals surface area contributed by atoms with E-state index in [-0.39, 0.29) is 17.5 Å². The lowest BCUT2D eigenvalue weighted by Gasteiger charge is -2.40. The summed E-state index contributed by atoms with van der Waals surface area (Å²) >= 11 is 0. The molecule has 1 N–H and O–H groups in total. The molecular weight excluding hydrogens is 324 g/mol. The van der Waals surface area contributed by atoms with E-state index in [2.05, 4.69) is 65.2 Å². The van der Waals surface area contributed by atoms with Gasteiger partial charge in [-0.2, -0.15) is 0 Å². The summed E-state index contributed by atoms with van der Waals surface area (Å²) in [5, 5.41) is 3.63. The van der Waals surface area contributed by atoms with E-state index in [0.29, 0.717) is 5.91 Å². The molecule has 1 aromatic rings. The van der Waals surface area contributed by atoms with Crippen molar-refractivity contribution >= 4 is 11.6 Å². The Hall–Kier alpha value is -1.59. The molecule has 4 rings (SSSR count). The minimum atomic E-state index is -0.0819. The van der Waals surface area contributed by atoms with Crippen LogP contribution in [0.5, 0.6) is 0 Å². The molecule has 1 saturated carbocycles. The average Bonchev–Trinajstić information content (AvgIpc) is 3.41. The summed E-state index contributed by atoms with van der Waals surface area (Å²) in [6.45, 7) is 10.4. The van der Waals surface area contributed by atoms with E-state index >= 15 is 0 Å². The van der Waals surface area contributed by atoms with Crippen LogP contribution in [0.2, 0.25) is 0 Å². The summed E-state index contributed by atoms with van der Waals surface area (Å²) in [5.74, 6) is 0.352. The Morgan fingerprint density at radius 2 is 1.77 bits per heavy atom. The molecular formula is C21H32N4O. The summed E-state index contributed by atoms with van der Waals surface area (Å²) < 4.78 is 0. The maximum atomic E-state index is 12.8. The van der Waals surface area contributed by atoms with Crippen molar-refractivity contribution in [2.75, 3.05) is 51.2 Å². The average molecular weight is 357 g/mol. The van der Waals surface area contributed by atoms with Crippen LogP contribution in [0, 0.1) is 5.41 Å². The van der Waals surface area contributed by atoms with Gasteiger partial charge in [0.1, 0.15) is 0 Å². The van der Waals surface area contributed by atoms with E-state index in [1.165, 1.54) is 11.3 Å². The maximum Gasteiger partial charge on any atom is 0.228 e. The fourth-order valence-electron chi connectivity index (χ4n) is 4.10. The fraction of sp³-hybridized carbons (Fsp3) is 0.667. The molecule has 0 bridgehead atoms. The number of piperazine rings is 2. The molecule has 3 fully saturated rings. The summed E-state index contributed by atoms with van der Waals surface area (Å²) in [6, 6.07) is 9.48. The summed E-state index contributed by atoms with van der Waals surface area (Å²) in [5.41, 5.74) is 2.51. The van der Waals surface area contributed by atoms with Crippen molar-refractivity contribution in [1.82, 2.24) is 15.1 Å². The van der Waals surface area contributed by atoms with Crippen LogP contribution in [0.1, 0.15) is 38.3 Å². The number of carbonyl (C=O) groups is 1. The molecule has 5 nitrogen and oxygen atoms in total. The van der Waals surface area contributed by atoms with Crippen molar-refractivity contribution in [3.63, 3.8) is 0 Å². The minimum Gasteiger partial charge on any atom is -0.369 e. The number of hydrogen-bond acceptors (Lipinski definition) is 4. The molecule has 3 aliphatic rings. The molecule has 1 unspecified atom stereocenters. The van der Waals surface area contributed by atoms with Gasteiger partial charge < -0.3 is 20.0 Å². The third kappa shape index (κ3) is 3.47. The second-order valence-corrected chi connectivity index (χ2v) is 8.71. The first kappa shape index (κ1) is 17.8. The van der Waals surface area contributed by atoms with Gasteiger partial charge in [-0.3, -0.25) is 4.79 Å². The van der Waals surface area contributed by atoms with Crippen molar-refractivity contribution in [3.05, 3.63) is 29.8 Å². The molecule has 142 valence electrons. The van der Waals surface area contributed by atoms with Crippen molar-refractivity contribution in [1.29, 1.82) is 0 Å². The Labute approximate surface area is 157 Å². The second kappa shape index (κ2) is 6.86. The Morgan fingerprint density at radius 3 is 2.38 bits per heavy atom. The number of amides is 1. The zero-order valence-electron chi connectivity index (χ0n) is 16.4. The van der Waals surface area contributed by atoms with Crippen LogP contribution < -0.4 is 10.2 Å². The third-order valence-corrected chi connectivity index (χ3v) is 6.51. The normalized spacial score (nSPS) is 28.9. The van der Waals surface area contributed by atoms with E-state index in [9.17, 15) is 4.79 Å². The first-order chi connectivity index (χ1) is 12.5. The predicted molar refractivity (Wildman–Crippen MR) is 105 cm³/mol. The highest BCUT2D eigenvalue weighted by Crippen LogP contribution is 2.47. The van der Waals surface area contributed by atoms with Crippen LogP contribution in [-0.4, -0.2) is 68.1 Å². The monoisotopic (exact) mass is 356 g/mol. The Bertz CT molecular complexity index is 646. The summed E-state index contributed by atoms with van der Waals surface area (Å²) in [7, 11) is 2.19. The SMILES string of the molecule is CC1CN[C@@H](c2ccc(N3CCN(C)CC3)cc2)CN1C(=O)C1(C)CC1. The van der Waals surface area contributed by atoms with Gasteiger partial charge in [0.25, 0.3) is 0 Å². The number of benzene rings is 1. The van der Waals surface area contributed by atoms with Gasteiger partial charge in [-0.1, -0.05) is 19.1 Å². The minimum absolute atomic E-state index is 0.0819. The first-order valence-corrected chi connectivity index (χ1v) is 10.0. The van der Waals surface area contributed by atoms with E-state index in [4.69, 9.17) is 0 Å². The number of hydrogen-bond donors (Lipinski definition) is 1. The van der Waals surface area contributed by atoms with E-state index in [1.54, 1.807) is 0 Å². The molecule has 2 aliphatic heterocycles. The molecule has 1 aliphatic carbocycles. The molecule has 2 atom stereocenters. The fourth-order valence-corrected chi connectivity index (χ4v) is 4.10. The number of nitrogens with zero attached hydrogens (tertiary/aromatic N) is 3. The highest BCUT2D eigenvalue weighted by molar-refractivity contribution is 5.85. The van der Waals surface area contributed by atoms with Crippen LogP contribution >= 0.6 is 0 Å². The van der Waals surface area contributed by atoms with Crippen molar-refractivity contribution < 1.29 is 4.79 Å². The van der Waals surface area contributed by atoms with Gasteiger partial charge in [0, 0.05) is 62.5 Å². The zero-order chi connectivity index (χ0) is 18.3. The lowest BCUT2D eigenvalue weighted by molar-refractivity contribution is -0.140. The van der Waals surface area contributed by atoms with Crippen molar-refractivity contribution in [3.8, 4) is 0 Å². The molecule has 2 saturated heterocycles. The molecule has 0 aromatic heterocycles. The zero-order valence-corrected chi connectivity index (χ0v) is 16.4. The number of rotatable bonds is 3. The number of likely N-dealkylation sites (N-methyl/N-ethyl adjacent to an activating group) is 1. The molecule has 5 heteroatoms. The van der Waals surface area contributed by atoms with E-state index in [1.807, 2.05) is 0 Å². The highest BCUT2D eigenvalue weighted by atomic mass is 16.2.